The van der Waals surface area contributed by atoms with Gasteiger partial charge in [0.15, 0.2) is 0 Å². The molecule has 1 aromatic heterocycles. The summed E-state index contributed by atoms with van der Waals surface area (Å²) in [6, 6.07) is 0.458. The van der Waals surface area contributed by atoms with E-state index in [-0.39, 0.29) is 5.54 Å². The Morgan fingerprint density at radius 1 is 1.50 bits per heavy atom. The summed E-state index contributed by atoms with van der Waals surface area (Å²) < 4.78 is 5.65. The molecule has 1 N–H and O–H groups in total. The van der Waals surface area contributed by atoms with Crippen molar-refractivity contribution in [1.29, 1.82) is 0 Å². The van der Waals surface area contributed by atoms with E-state index in [1.54, 1.807) is 0 Å². The molecule has 2 atom stereocenters. The molecule has 3 nitrogen and oxygen atoms in total. The van der Waals surface area contributed by atoms with E-state index in [0.29, 0.717) is 12.1 Å². The van der Waals surface area contributed by atoms with Gasteiger partial charge in [-0.2, -0.15) is 0 Å². The molecule has 0 amide bonds. The fraction of sp³-hybridized carbons (Fsp3) is 0.812. The van der Waals surface area contributed by atoms with Crippen molar-refractivity contribution in [2.24, 2.45) is 0 Å². The lowest BCUT2D eigenvalue weighted by atomic mass is 9.80. The summed E-state index contributed by atoms with van der Waals surface area (Å²) in [5, 5.41) is 5.07. The van der Waals surface area contributed by atoms with Crippen LogP contribution in [0.2, 0.25) is 0 Å². The second kappa shape index (κ2) is 6.54. The fourth-order valence-electron chi connectivity index (χ4n) is 3.33. The van der Waals surface area contributed by atoms with Crippen molar-refractivity contribution >= 4 is 11.3 Å². The Hall–Kier alpha value is -0.450. The molecule has 1 aliphatic rings. The number of hydrogen-bond donors (Lipinski definition) is 1. The van der Waals surface area contributed by atoms with Crippen LogP contribution in [0, 0.1) is 6.92 Å². The molecular weight excluding hydrogens is 268 g/mol. The van der Waals surface area contributed by atoms with Crippen molar-refractivity contribution < 1.29 is 4.74 Å². The van der Waals surface area contributed by atoms with Gasteiger partial charge in [0.1, 0.15) is 5.01 Å². The highest BCUT2D eigenvalue weighted by molar-refractivity contribution is 7.11. The summed E-state index contributed by atoms with van der Waals surface area (Å²) in [7, 11) is 1.83. The van der Waals surface area contributed by atoms with Gasteiger partial charge in [-0.3, -0.25) is 0 Å². The predicted molar refractivity (Wildman–Crippen MR) is 85.4 cm³/mol. The van der Waals surface area contributed by atoms with E-state index in [1.165, 1.54) is 34.8 Å². The molecule has 2 rings (SSSR count). The molecule has 0 bridgehead atoms. The summed E-state index contributed by atoms with van der Waals surface area (Å²) in [5.74, 6) is 0. The van der Waals surface area contributed by atoms with E-state index < -0.39 is 0 Å². The first-order chi connectivity index (χ1) is 9.50. The second-order valence-corrected chi connectivity index (χ2v) is 7.41. The van der Waals surface area contributed by atoms with Gasteiger partial charge in [-0.15, -0.1) is 11.3 Å². The van der Waals surface area contributed by atoms with Crippen molar-refractivity contribution in [1.82, 2.24) is 10.3 Å². The first-order valence-electron chi connectivity index (χ1n) is 7.78. The third kappa shape index (κ3) is 3.23. The number of nitrogens with zero attached hydrogens (tertiary/aromatic N) is 1. The molecule has 0 aromatic carbocycles. The maximum absolute atomic E-state index is 5.65. The van der Waals surface area contributed by atoms with E-state index >= 15 is 0 Å². The Balaban J connectivity index is 2.34. The summed E-state index contributed by atoms with van der Waals surface area (Å²) in [6.45, 7) is 8.83. The van der Waals surface area contributed by atoms with Crippen molar-refractivity contribution in [3.05, 3.63) is 15.6 Å². The zero-order valence-corrected chi connectivity index (χ0v) is 14.3. The van der Waals surface area contributed by atoms with Crippen LogP contribution in [0.4, 0.5) is 0 Å². The number of rotatable bonds is 5. The second-order valence-electron chi connectivity index (χ2n) is 6.21. The average molecular weight is 296 g/mol. The van der Waals surface area contributed by atoms with Gasteiger partial charge in [-0.25, -0.2) is 4.98 Å². The summed E-state index contributed by atoms with van der Waals surface area (Å²) >= 11 is 1.87. The van der Waals surface area contributed by atoms with Crippen LogP contribution in [0.25, 0.3) is 0 Å². The quantitative estimate of drug-likeness (QED) is 0.897. The molecule has 0 saturated heterocycles. The third-order valence-corrected chi connectivity index (χ3v) is 5.46. The summed E-state index contributed by atoms with van der Waals surface area (Å²) in [6.07, 6.45) is 5.96. The third-order valence-electron chi connectivity index (χ3n) is 4.24. The lowest BCUT2D eigenvalue weighted by molar-refractivity contribution is 0.0264. The molecule has 1 saturated carbocycles. The average Bonchev–Trinajstić information content (AvgIpc) is 2.80. The van der Waals surface area contributed by atoms with Gasteiger partial charge in [0.2, 0.25) is 0 Å². The minimum atomic E-state index is 0.00986. The van der Waals surface area contributed by atoms with Gasteiger partial charge in [-0.05, 0) is 52.9 Å². The minimum absolute atomic E-state index is 0.00986. The monoisotopic (exact) mass is 296 g/mol. The molecule has 4 heteroatoms. The molecule has 1 aliphatic carbocycles. The Bertz CT molecular complexity index is 444. The van der Waals surface area contributed by atoms with Crippen LogP contribution in [0.1, 0.15) is 62.0 Å². The number of ether oxygens (including phenoxy) is 1. The van der Waals surface area contributed by atoms with Crippen LogP contribution in [-0.4, -0.2) is 24.2 Å². The zero-order chi connectivity index (χ0) is 14.8. The maximum Gasteiger partial charge on any atom is 0.113 e. The first kappa shape index (κ1) is 15.9. The van der Waals surface area contributed by atoms with Crippen LogP contribution >= 0.6 is 11.3 Å². The molecule has 114 valence electrons. The van der Waals surface area contributed by atoms with Crippen molar-refractivity contribution in [3.8, 4) is 0 Å². The lowest BCUT2D eigenvalue weighted by Crippen LogP contribution is -2.50. The molecule has 1 heterocycles. The minimum Gasteiger partial charge on any atom is -0.381 e. The number of thiazole rings is 1. The summed E-state index contributed by atoms with van der Waals surface area (Å²) in [4.78, 5) is 6.31. The Labute approximate surface area is 127 Å². The molecule has 20 heavy (non-hydrogen) atoms. The van der Waals surface area contributed by atoms with E-state index in [4.69, 9.17) is 9.72 Å². The van der Waals surface area contributed by atoms with Crippen LogP contribution < -0.4 is 5.32 Å². The molecule has 1 aromatic rings. The largest absolute Gasteiger partial charge is 0.381 e. The van der Waals surface area contributed by atoms with E-state index in [1.807, 2.05) is 18.4 Å². The standard InChI is InChI=1S/C16H28N2OS/c1-6-14-12(4)20-15(17-14)16(18-11(2)3)9-7-8-13(10-16)19-5/h11,13,18H,6-10H2,1-5H3. The van der Waals surface area contributed by atoms with Gasteiger partial charge < -0.3 is 10.1 Å². The highest BCUT2D eigenvalue weighted by atomic mass is 32.1. The van der Waals surface area contributed by atoms with E-state index in [9.17, 15) is 0 Å². The Kier molecular flexibility index (Phi) is 5.21. The van der Waals surface area contributed by atoms with Crippen LogP contribution in [-0.2, 0) is 16.7 Å². The number of nitrogens with one attached hydrogen (secondary N) is 1. The Morgan fingerprint density at radius 2 is 2.25 bits per heavy atom. The SMILES string of the molecule is CCc1nc(C2(NC(C)C)CCCC(OC)C2)sc1C. The predicted octanol–water partition coefficient (Wildman–Crippen LogP) is 3.80. The van der Waals surface area contributed by atoms with Gasteiger partial charge in [0.05, 0.1) is 17.3 Å². The molecule has 2 unspecified atom stereocenters. The smallest absolute Gasteiger partial charge is 0.113 e. The van der Waals surface area contributed by atoms with Gasteiger partial charge in [0.25, 0.3) is 0 Å². The van der Waals surface area contributed by atoms with Crippen LogP contribution in [0.15, 0.2) is 0 Å². The highest BCUT2D eigenvalue weighted by Crippen LogP contribution is 2.41. The van der Waals surface area contributed by atoms with E-state index in [2.05, 4.69) is 33.0 Å². The number of methoxy groups -OCH3 is 1. The van der Waals surface area contributed by atoms with Gasteiger partial charge >= 0.3 is 0 Å². The summed E-state index contributed by atoms with van der Waals surface area (Å²) in [5.41, 5.74) is 1.27. The van der Waals surface area contributed by atoms with E-state index in [0.717, 1.165) is 12.8 Å². The normalized spacial score (nSPS) is 27.2. The zero-order valence-electron chi connectivity index (χ0n) is 13.5. The molecule has 0 aliphatic heterocycles. The van der Waals surface area contributed by atoms with Crippen LogP contribution in [0.3, 0.4) is 0 Å². The van der Waals surface area contributed by atoms with Gasteiger partial charge in [0, 0.05) is 18.0 Å². The molecular formula is C16H28N2OS. The topological polar surface area (TPSA) is 34.2 Å². The number of aromatic nitrogens is 1. The van der Waals surface area contributed by atoms with Crippen molar-refractivity contribution in [2.75, 3.05) is 7.11 Å². The molecule has 1 fully saturated rings. The first-order valence-corrected chi connectivity index (χ1v) is 8.59. The molecule has 0 radical (unpaired) electrons. The van der Waals surface area contributed by atoms with Crippen molar-refractivity contribution in [2.45, 2.75) is 77.5 Å². The van der Waals surface area contributed by atoms with Crippen LogP contribution in [0.5, 0.6) is 0 Å². The maximum atomic E-state index is 5.65. The Morgan fingerprint density at radius 3 is 2.80 bits per heavy atom. The highest BCUT2D eigenvalue weighted by Gasteiger charge is 2.41. The molecule has 0 spiro atoms. The van der Waals surface area contributed by atoms with Gasteiger partial charge in [-0.1, -0.05) is 6.92 Å². The fourth-order valence-corrected chi connectivity index (χ4v) is 4.52. The number of aryl methyl sites for hydroxylation is 2. The lowest BCUT2D eigenvalue weighted by Gasteiger charge is -2.41. The van der Waals surface area contributed by atoms with Crippen molar-refractivity contribution in [3.63, 3.8) is 0 Å². The number of hydrogen-bond acceptors (Lipinski definition) is 4.